The molecule has 7 heteroatoms. The number of thiophene rings is 1. The van der Waals surface area contributed by atoms with Crippen LogP contribution in [0.2, 0.25) is 0 Å². The lowest BCUT2D eigenvalue weighted by molar-refractivity contribution is 0.251. The molecule has 0 amide bonds. The molecule has 1 aliphatic heterocycles. The predicted molar refractivity (Wildman–Crippen MR) is 115 cm³/mol. The van der Waals surface area contributed by atoms with Gasteiger partial charge in [-0.15, -0.1) is 23.7 Å². The van der Waals surface area contributed by atoms with Gasteiger partial charge in [-0.25, -0.2) is 9.97 Å². The molecule has 0 bridgehead atoms. The van der Waals surface area contributed by atoms with E-state index in [0.717, 1.165) is 48.5 Å². The molecule has 5 rings (SSSR count). The summed E-state index contributed by atoms with van der Waals surface area (Å²) in [5.74, 6) is 1.49. The summed E-state index contributed by atoms with van der Waals surface area (Å²) >= 11 is 1.81. The first kappa shape index (κ1) is 19.8. The molecule has 0 saturated carbocycles. The fourth-order valence-corrected chi connectivity index (χ4v) is 4.68. The Morgan fingerprint density at radius 3 is 2.70 bits per heavy atom. The fourth-order valence-electron chi connectivity index (χ4n) is 3.64. The first-order valence-corrected chi connectivity index (χ1v) is 9.61. The Bertz CT molecular complexity index is 1020. The third kappa shape index (κ3) is 3.71. The second kappa shape index (κ2) is 7.94. The average molecular weight is 403 g/mol. The predicted octanol–water partition coefficient (Wildman–Crippen LogP) is 4.25. The van der Waals surface area contributed by atoms with Gasteiger partial charge >= 0.3 is 0 Å². The number of piperidine rings is 1. The molecule has 0 atom stereocenters. The molecule has 1 aromatic carbocycles. The summed E-state index contributed by atoms with van der Waals surface area (Å²) in [6.45, 7) is 2.26. The van der Waals surface area contributed by atoms with Crippen LogP contribution < -0.4 is 0 Å². The van der Waals surface area contributed by atoms with Gasteiger partial charge in [-0.05, 0) is 56.6 Å². The van der Waals surface area contributed by atoms with Crippen molar-refractivity contribution in [3.63, 3.8) is 0 Å². The highest BCUT2D eigenvalue weighted by Gasteiger charge is 2.21. The third-order valence-corrected chi connectivity index (χ3v) is 6.31. The number of halogens is 1. The number of aromatic nitrogens is 3. The van der Waals surface area contributed by atoms with E-state index in [1.165, 1.54) is 15.0 Å². The molecule has 142 valence electrons. The van der Waals surface area contributed by atoms with Crippen molar-refractivity contribution in [3.05, 3.63) is 48.4 Å². The zero-order valence-corrected chi connectivity index (χ0v) is 16.7. The van der Waals surface area contributed by atoms with Crippen molar-refractivity contribution in [2.75, 3.05) is 20.1 Å². The Labute approximate surface area is 168 Å². The lowest BCUT2D eigenvalue weighted by Gasteiger charge is -2.27. The number of hydrogen-bond acceptors (Lipinski definition) is 4. The summed E-state index contributed by atoms with van der Waals surface area (Å²) in [5, 5.41) is 1.29. The lowest BCUT2D eigenvalue weighted by atomic mass is 9.96. The Balaban J connectivity index is 0.00000105. The zero-order valence-electron chi connectivity index (χ0n) is 15.1. The van der Waals surface area contributed by atoms with Crippen LogP contribution in [-0.4, -0.2) is 45.5 Å². The molecule has 0 spiro atoms. The van der Waals surface area contributed by atoms with Gasteiger partial charge in [0.15, 0.2) is 0 Å². The third-order valence-electron chi connectivity index (χ3n) is 5.16. The number of H-pyrrole nitrogens is 1. The van der Waals surface area contributed by atoms with Gasteiger partial charge in [-0.2, -0.15) is 0 Å². The topological polar surface area (TPSA) is 76.3 Å². The number of benzene rings is 1. The van der Waals surface area contributed by atoms with Gasteiger partial charge in [0.05, 0.1) is 27.8 Å². The van der Waals surface area contributed by atoms with Crippen LogP contribution in [0.1, 0.15) is 24.6 Å². The molecule has 27 heavy (non-hydrogen) atoms. The molecule has 4 aromatic rings. The highest BCUT2D eigenvalue weighted by atomic mass is 35.5. The van der Waals surface area contributed by atoms with Crippen molar-refractivity contribution in [2.24, 2.45) is 0 Å². The molecule has 1 fully saturated rings. The number of nitrogens with one attached hydrogen (secondary N) is 1. The molecule has 1 aliphatic rings. The summed E-state index contributed by atoms with van der Waals surface area (Å²) in [6.07, 6.45) is 4.25. The van der Waals surface area contributed by atoms with Crippen molar-refractivity contribution >= 4 is 44.9 Å². The minimum absolute atomic E-state index is 0. The minimum atomic E-state index is 0. The van der Waals surface area contributed by atoms with Crippen LogP contribution in [0.15, 0.2) is 42.6 Å². The Morgan fingerprint density at radius 1 is 1.15 bits per heavy atom. The normalized spacial score (nSPS) is 15.6. The van der Waals surface area contributed by atoms with Crippen molar-refractivity contribution < 1.29 is 5.48 Å². The number of likely N-dealkylation sites (tertiary alicyclic amines) is 1. The number of hydrogen-bond donors (Lipinski definition) is 1. The van der Waals surface area contributed by atoms with Gasteiger partial charge in [0, 0.05) is 10.6 Å². The SMILES string of the molecule is CN1CCC(c2ncc3[nH]c(-c4cc5ccccc5s4)cc3n2)CC1.Cl.O. The second-order valence-corrected chi connectivity index (χ2v) is 8.02. The standard InChI is InChI=1S/C20H20N4S.ClH.H2O/c1-24-8-6-13(7-9-24)20-21-12-17-15(23-20)11-16(22-17)19-10-14-4-2-3-5-18(14)25-19;;/h2-5,10-13,22H,6-9H2,1H3;1H;1H2. The highest BCUT2D eigenvalue weighted by Crippen LogP contribution is 2.34. The molecule has 5 nitrogen and oxygen atoms in total. The summed E-state index contributed by atoms with van der Waals surface area (Å²) in [7, 11) is 2.18. The summed E-state index contributed by atoms with van der Waals surface area (Å²) in [4.78, 5) is 16.6. The van der Waals surface area contributed by atoms with Crippen molar-refractivity contribution in [2.45, 2.75) is 18.8 Å². The summed E-state index contributed by atoms with van der Waals surface area (Å²) in [5.41, 5.74) is 3.17. The van der Waals surface area contributed by atoms with Crippen LogP contribution in [0.4, 0.5) is 0 Å². The van der Waals surface area contributed by atoms with Gasteiger partial charge in [0.1, 0.15) is 5.82 Å². The van der Waals surface area contributed by atoms with Crippen LogP contribution in [0, 0.1) is 0 Å². The van der Waals surface area contributed by atoms with Crippen LogP contribution >= 0.6 is 23.7 Å². The van der Waals surface area contributed by atoms with E-state index in [1.54, 1.807) is 0 Å². The Morgan fingerprint density at radius 2 is 1.93 bits per heavy atom. The van der Waals surface area contributed by atoms with E-state index >= 15 is 0 Å². The van der Waals surface area contributed by atoms with Gasteiger partial charge in [0.25, 0.3) is 0 Å². The Kier molecular flexibility index (Phi) is 5.81. The molecular formula is C20H23ClN4OS. The van der Waals surface area contributed by atoms with Crippen LogP contribution in [0.3, 0.4) is 0 Å². The average Bonchev–Trinajstić information content (AvgIpc) is 3.25. The molecule has 0 radical (unpaired) electrons. The van der Waals surface area contributed by atoms with Crippen molar-refractivity contribution in [1.29, 1.82) is 0 Å². The van der Waals surface area contributed by atoms with Gasteiger partial charge in [0.2, 0.25) is 0 Å². The molecule has 4 heterocycles. The number of fused-ring (bicyclic) bond motifs is 2. The minimum Gasteiger partial charge on any atom is -0.412 e. The summed E-state index contributed by atoms with van der Waals surface area (Å²) in [6, 6.07) is 12.9. The summed E-state index contributed by atoms with van der Waals surface area (Å²) < 4.78 is 1.31. The van der Waals surface area contributed by atoms with Crippen molar-refractivity contribution in [3.8, 4) is 10.6 Å². The van der Waals surface area contributed by atoms with Crippen LogP contribution in [0.5, 0.6) is 0 Å². The first-order chi connectivity index (χ1) is 12.3. The molecule has 0 aliphatic carbocycles. The molecule has 3 aromatic heterocycles. The van der Waals surface area contributed by atoms with E-state index in [1.807, 2.05) is 17.5 Å². The number of aromatic amines is 1. The lowest BCUT2D eigenvalue weighted by Crippen LogP contribution is -2.29. The van der Waals surface area contributed by atoms with Gasteiger partial charge in [-0.1, -0.05) is 18.2 Å². The quantitative estimate of drug-likeness (QED) is 0.544. The first-order valence-electron chi connectivity index (χ1n) is 8.79. The molecule has 1 saturated heterocycles. The van der Waals surface area contributed by atoms with E-state index in [4.69, 9.17) is 4.98 Å². The second-order valence-electron chi connectivity index (χ2n) is 6.94. The fraction of sp³-hybridized carbons (Fsp3) is 0.300. The molecule has 0 unspecified atom stereocenters. The van der Waals surface area contributed by atoms with Gasteiger partial charge in [-0.3, -0.25) is 0 Å². The van der Waals surface area contributed by atoms with Gasteiger partial charge < -0.3 is 15.4 Å². The van der Waals surface area contributed by atoms with E-state index < -0.39 is 0 Å². The zero-order chi connectivity index (χ0) is 16.8. The number of rotatable bonds is 2. The van der Waals surface area contributed by atoms with Crippen molar-refractivity contribution in [1.82, 2.24) is 19.9 Å². The molecular weight excluding hydrogens is 380 g/mol. The monoisotopic (exact) mass is 402 g/mol. The molecule has 3 N–H and O–H groups in total. The smallest absolute Gasteiger partial charge is 0.132 e. The maximum Gasteiger partial charge on any atom is 0.132 e. The van der Waals surface area contributed by atoms with E-state index in [-0.39, 0.29) is 17.9 Å². The maximum absolute atomic E-state index is 4.87. The number of nitrogens with zero attached hydrogens (tertiary/aromatic N) is 3. The van der Waals surface area contributed by atoms with Crippen LogP contribution in [0.25, 0.3) is 31.7 Å². The van der Waals surface area contributed by atoms with E-state index in [2.05, 4.69) is 58.3 Å². The highest BCUT2D eigenvalue weighted by molar-refractivity contribution is 7.22. The largest absolute Gasteiger partial charge is 0.412 e. The van der Waals surface area contributed by atoms with E-state index in [9.17, 15) is 0 Å². The maximum atomic E-state index is 4.87. The van der Waals surface area contributed by atoms with Crippen LogP contribution in [-0.2, 0) is 0 Å². The van der Waals surface area contributed by atoms with E-state index in [0.29, 0.717) is 5.92 Å². The Hall–Kier alpha value is -1.99.